The first-order valence-electron chi connectivity index (χ1n) is 8.71. The number of nitrogens with zero attached hydrogens (tertiary/aromatic N) is 1. The van der Waals surface area contributed by atoms with Gasteiger partial charge in [0.2, 0.25) is 17.7 Å². The van der Waals surface area contributed by atoms with Crippen molar-refractivity contribution in [3.05, 3.63) is 29.1 Å². The fourth-order valence-corrected chi connectivity index (χ4v) is 3.00. The maximum atomic E-state index is 13.9. The molecule has 1 fully saturated rings. The summed E-state index contributed by atoms with van der Waals surface area (Å²) < 4.78 is 13.9. The number of carbonyl (C=O) groups excluding carboxylic acids is 3. The highest BCUT2D eigenvalue weighted by Crippen LogP contribution is 2.26. The second-order valence-corrected chi connectivity index (χ2v) is 7.80. The molecule has 0 unspecified atom stereocenters. The van der Waals surface area contributed by atoms with Crippen molar-refractivity contribution in [2.45, 2.75) is 40.5 Å². The number of anilines is 1. The Balaban J connectivity index is 2.04. The number of likely N-dealkylation sites (tertiary alicyclic amines) is 1. The second-order valence-electron chi connectivity index (χ2n) is 7.80. The highest BCUT2D eigenvalue weighted by molar-refractivity contribution is 5.97. The molecule has 6 nitrogen and oxygen atoms in total. The Bertz CT molecular complexity index is 732. The lowest BCUT2D eigenvalue weighted by molar-refractivity contribution is -0.142. The number of nitrogens with one attached hydrogen (secondary N) is 1. The van der Waals surface area contributed by atoms with Crippen molar-refractivity contribution in [1.82, 2.24) is 4.90 Å². The van der Waals surface area contributed by atoms with E-state index in [1.807, 2.05) is 20.8 Å². The van der Waals surface area contributed by atoms with Crippen molar-refractivity contribution in [3.8, 4) is 0 Å². The molecule has 3 amide bonds. The highest BCUT2D eigenvalue weighted by atomic mass is 19.1. The molecular formula is C19H26FN3O3. The quantitative estimate of drug-likeness (QED) is 0.864. The van der Waals surface area contributed by atoms with Crippen LogP contribution in [0.15, 0.2) is 12.1 Å². The molecule has 0 bridgehead atoms. The molecule has 26 heavy (non-hydrogen) atoms. The average Bonchev–Trinajstić information content (AvgIpc) is 2.57. The summed E-state index contributed by atoms with van der Waals surface area (Å²) in [4.78, 5) is 37.9. The Morgan fingerprint density at radius 3 is 2.27 bits per heavy atom. The van der Waals surface area contributed by atoms with E-state index >= 15 is 0 Å². The fraction of sp³-hybridized carbons (Fsp3) is 0.526. The maximum absolute atomic E-state index is 13.9. The number of piperidine rings is 1. The van der Waals surface area contributed by atoms with Crippen LogP contribution >= 0.6 is 0 Å². The molecule has 3 N–H and O–H groups in total. The Kier molecular flexibility index (Phi) is 5.68. The van der Waals surface area contributed by atoms with Crippen molar-refractivity contribution in [2.75, 3.05) is 18.4 Å². The van der Waals surface area contributed by atoms with E-state index in [0.717, 1.165) is 6.07 Å². The van der Waals surface area contributed by atoms with Crippen molar-refractivity contribution in [2.24, 2.45) is 17.1 Å². The van der Waals surface area contributed by atoms with E-state index in [2.05, 4.69) is 5.32 Å². The lowest BCUT2D eigenvalue weighted by Crippen LogP contribution is -2.45. The molecule has 0 atom stereocenters. The maximum Gasteiger partial charge on any atom is 0.248 e. The van der Waals surface area contributed by atoms with Gasteiger partial charge in [0, 0.05) is 41.2 Å². The Labute approximate surface area is 152 Å². The number of hydrogen-bond donors (Lipinski definition) is 2. The van der Waals surface area contributed by atoms with Gasteiger partial charge < -0.3 is 16.0 Å². The van der Waals surface area contributed by atoms with Crippen molar-refractivity contribution in [1.29, 1.82) is 0 Å². The summed E-state index contributed by atoms with van der Waals surface area (Å²) in [6.45, 7) is 8.18. The van der Waals surface area contributed by atoms with Gasteiger partial charge in [-0.1, -0.05) is 20.8 Å². The standard InChI is InChI=1S/C19H26FN3O3/c1-11-14(20)9-13(16(21)24)10-15(11)22-17(25)12-5-7-23(8-6-12)18(26)19(2,3)4/h9-10,12H,5-8H2,1-4H3,(H2,21,24)(H,22,25). The number of primary amides is 1. The van der Waals surface area contributed by atoms with Gasteiger partial charge in [-0.2, -0.15) is 0 Å². The zero-order valence-electron chi connectivity index (χ0n) is 15.7. The number of carbonyl (C=O) groups is 3. The predicted octanol–water partition coefficient (Wildman–Crippen LogP) is 2.46. The first kappa shape index (κ1) is 19.9. The summed E-state index contributed by atoms with van der Waals surface area (Å²) in [5, 5.41) is 2.70. The third kappa shape index (κ3) is 4.39. The van der Waals surface area contributed by atoms with E-state index in [-0.39, 0.29) is 34.5 Å². The Morgan fingerprint density at radius 2 is 1.77 bits per heavy atom. The minimum absolute atomic E-state index is 0.00833. The molecule has 1 aromatic carbocycles. The number of halogens is 1. The summed E-state index contributed by atoms with van der Waals surface area (Å²) >= 11 is 0. The van der Waals surface area contributed by atoms with Gasteiger partial charge in [-0.25, -0.2) is 4.39 Å². The van der Waals surface area contributed by atoms with Gasteiger partial charge in [-0.3, -0.25) is 14.4 Å². The van der Waals surface area contributed by atoms with Crippen LogP contribution in [0.2, 0.25) is 0 Å². The van der Waals surface area contributed by atoms with Crippen LogP contribution in [0, 0.1) is 24.1 Å². The van der Waals surface area contributed by atoms with Gasteiger partial charge in [0.25, 0.3) is 0 Å². The molecule has 1 heterocycles. The molecule has 1 aromatic rings. The number of amides is 3. The van der Waals surface area contributed by atoms with Crippen molar-refractivity contribution < 1.29 is 18.8 Å². The molecule has 0 aliphatic carbocycles. The van der Waals surface area contributed by atoms with Crippen LogP contribution in [0.1, 0.15) is 49.5 Å². The molecule has 0 aromatic heterocycles. The number of nitrogens with two attached hydrogens (primary N) is 1. The van der Waals surface area contributed by atoms with Crippen LogP contribution in [-0.2, 0) is 9.59 Å². The molecular weight excluding hydrogens is 337 g/mol. The van der Waals surface area contributed by atoms with Crippen LogP contribution in [0.5, 0.6) is 0 Å². The predicted molar refractivity (Wildman–Crippen MR) is 97.0 cm³/mol. The van der Waals surface area contributed by atoms with Crippen LogP contribution < -0.4 is 11.1 Å². The highest BCUT2D eigenvalue weighted by Gasteiger charge is 2.32. The normalized spacial score (nSPS) is 15.7. The summed E-state index contributed by atoms with van der Waals surface area (Å²) in [5.41, 5.74) is 5.26. The lowest BCUT2D eigenvalue weighted by atomic mass is 9.90. The summed E-state index contributed by atoms with van der Waals surface area (Å²) in [5.74, 6) is -1.78. The zero-order valence-corrected chi connectivity index (χ0v) is 15.7. The van der Waals surface area contributed by atoms with Gasteiger partial charge in [0.05, 0.1) is 0 Å². The van der Waals surface area contributed by atoms with Crippen molar-refractivity contribution in [3.63, 3.8) is 0 Å². The summed E-state index contributed by atoms with van der Waals surface area (Å²) in [6.07, 6.45) is 1.09. The van der Waals surface area contributed by atoms with Gasteiger partial charge in [-0.15, -0.1) is 0 Å². The minimum atomic E-state index is -0.756. The van der Waals surface area contributed by atoms with Crippen molar-refractivity contribution >= 4 is 23.4 Å². The first-order chi connectivity index (χ1) is 12.0. The molecule has 2 rings (SSSR count). The molecule has 1 aliphatic rings. The molecule has 0 saturated carbocycles. The molecule has 0 radical (unpaired) electrons. The largest absolute Gasteiger partial charge is 0.366 e. The van der Waals surface area contributed by atoms with Gasteiger partial charge in [-0.05, 0) is 31.9 Å². The van der Waals surface area contributed by atoms with E-state index in [1.165, 1.54) is 13.0 Å². The van der Waals surface area contributed by atoms with Gasteiger partial charge in [0.15, 0.2) is 0 Å². The fourth-order valence-electron chi connectivity index (χ4n) is 3.00. The molecule has 0 spiro atoms. The topological polar surface area (TPSA) is 92.5 Å². The van der Waals surface area contributed by atoms with E-state index < -0.39 is 17.1 Å². The average molecular weight is 363 g/mol. The third-order valence-electron chi connectivity index (χ3n) is 4.68. The third-order valence-corrected chi connectivity index (χ3v) is 4.68. The lowest BCUT2D eigenvalue weighted by Gasteiger charge is -2.35. The molecule has 1 aliphatic heterocycles. The van der Waals surface area contributed by atoms with Crippen LogP contribution in [0.3, 0.4) is 0 Å². The van der Waals surface area contributed by atoms with E-state index in [1.54, 1.807) is 4.90 Å². The summed E-state index contributed by atoms with van der Waals surface area (Å²) in [7, 11) is 0. The van der Waals surface area contributed by atoms with Crippen LogP contribution in [0.4, 0.5) is 10.1 Å². The molecule has 7 heteroatoms. The van der Waals surface area contributed by atoms with E-state index in [4.69, 9.17) is 5.73 Å². The van der Waals surface area contributed by atoms with Gasteiger partial charge in [0.1, 0.15) is 5.82 Å². The second kappa shape index (κ2) is 7.43. The zero-order chi connectivity index (χ0) is 19.6. The van der Waals surface area contributed by atoms with Gasteiger partial charge >= 0.3 is 0 Å². The SMILES string of the molecule is Cc1c(F)cc(C(N)=O)cc1NC(=O)C1CCN(C(=O)C(C)(C)C)CC1. The number of rotatable bonds is 3. The number of benzene rings is 1. The summed E-state index contributed by atoms with van der Waals surface area (Å²) in [6, 6.07) is 2.45. The monoisotopic (exact) mass is 363 g/mol. The smallest absolute Gasteiger partial charge is 0.248 e. The molecule has 142 valence electrons. The first-order valence-corrected chi connectivity index (χ1v) is 8.71. The molecule has 1 saturated heterocycles. The Morgan fingerprint density at radius 1 is 1.19 bits per heavy atom. The van der Waals surface area contributed by atoms with Crippen LogP contribution in [-0.4, -0.2) is 35.7 Å². The van der Waals surface area contributed by atoms with E-state index in [0.29, 0.717) is 25.9 Å². The minimum Gasteiger partial charge on any atom is -0.366 e. The van der Waals surface area contributed by atoms with Crippen LogP contribution in [0.25, 0.3) is 0 Å². The number of hydrogen-bond acceptors (Lipinski definition) is 3. The van der Waals surface area contributed by atoms with E-state index in [9.17, 15) is 18.8 Å². The Hall–Kier alpha value is -2.44.